The van der Waals surface area contributed by atoms with Gasteiger partial charge in [-0.1, -0.05) is 24.3 Å². The number of nitrogens with one attached hydrogen (secondary N) is 1. The summed E-state index contributed by atoms with van der Waals surface area (Å²) in [6.45, 7) is 7.98. The molecule has 1 aromatic carbocycles. The molecule has 0 aliphatic carbocycles. The van der Waals surface area contributed by atoms with E-state index >= 15 is 0 Å². The Morgan fingerprint density at radius 3 is 2.50 bits per heavy atom. The van der Waals surface area contributed by atoms with Crippen LogP contribution in [0, 0.1) is 0 Å². The van der Waals surface area contributed by atoms with E-state index in [1.165, 1.54) is 12.5 Å². The molecule has 1 atom stereocenters. The number of amides is 2. The second-order valence-electron chi connectivity index (χ2n) is 6.67. The quantitative estimate of drug-likeness (QED) is 0.913. The van der Waals surface area contributed by atoms with E-state index in [1.807, 2.05) is 39.0 Å². The second-order valence-corrected chi connectivity index (χ2v) is 6.67. The summed E-state index contributed by atoms with van der Waals surface area (Å²) >= 11 is 0. The maximum Gasteiger partial charge on any atom is 0.410 e. The van der Waals surface area contributed by atoms with E-state index in [4.69, 9.17) is 4.74 Å². The van der Waals surface area contributed by atoms with Crippen LogP contribution in [0.2, 0.25) is 0 Å². The zero-order chi connectivity index (χ0) is 16.3. The number of ether oxygens (including phenoxy) is 1. The van der Waals surface area contributed by atoms with E-state index in [2.05, 4.69) is 11.4 Å². The second kappa shape index (κ2) is 6.38. The zero-order valence-corrected chi connectivity index (χ0v) is 13.7. The number of carbonyl (C=O) groups is 2. The first-order valence-corrected chi connectivity index (χ1v) is 7.57. The van der Waals surface area contributed by atoms with E-state index in [-0.39, 0.29) is 18.0 Å². The summed E-state index contributed by atoms with van der Waals surface area (Å²) in [5.41, 5.74) is 1.82. The van der Waals surface area contributed by atoms with Gasteiger partial charge >= 0.3 is 6.09 Å². The average molecular weight is 304 g/mol. The fourth-order valence-electron chi connectivity index (χ4n) is 2.57. The van der Waals surface area contributed by atoms with Gasteiger partial charge in [-0.2, -0.15) is 0 Å². The van der Waals surface area contributed by atoms with E-state index in [1.54, 1.807) is 4.90 Å². The molecule has 2 amide bonds. The van der Waals surface area contributed by atoms with Crippen LogP contribution in [0.3, 0.4) is 0 Å². The lowest BCUT2D eigenvalue weighted by atomic mass is 9.94. The highest BCUT2D eigenvalue weighted by Crippen LogP contribution is 2.25. The van der Waals surface area contributed by atoms with Crippen LogP contribution in [-0.4, -0.2) is 35.1 Å². The third-order valence-corrected chi connectivity index (χ3v) is 3.57. The molecule has 1 heterocycles. The molecular formula is C17H24N2O3. The molecule has 0 radical (unpaired) electrons. The third kappa shape index (κ3) is 4.23. The highest BCUT2D eigenvalue weighted by molar-refractivity contribution is 5.73. The maximum absolute atomic E-state index is 12.5. The SMILES string of the molecule is CC(=O)NC[C@H]1Cc2ccccc2CN1C(=O)OC(C)(C)C. The van der Waals surface area contributed by atoms with Gasteiger partial charge in [-0.05, 0) is 38.3 Å². The number of fused-ring (bicyclic) bond motifs is 1. The van der Waals surface area contributed by atoms with Crippen LogP contribution < -0.4 is 5.32 Å². The van der Waals surface area contributed by atoms with Crippen molar-refractivity contribution in [2.45, 2.75) is 52.3 Å². The van der Waals surface area contributed by atoms with Crippen LogP contribution >= 0.6 is 0 Å². The van der Waals surface area contributed by atoms with Crippen LogP contribution in [0.5, 0.6) is 0 Å². The van der Waals surface area contributed by atoms with Gasteiger partial charge in [0.15, 0.2) is 0 Å². The van der Waals surface area contributed by atoms with Crippen LogP contribution in [0.1, 0.15) is 38.8 Å². The fraction of sp³-hybridized carbons (Fsp3) is 0.529. The molecule has 5 nitrogen and oxygen atoms in total. The summed E-state index contributed by atoms with van der Waals surface area (Å²) in [4.78, 5) is 25.4. The van der Waals surface area contributed by atoms with Gasteiger partial charge in [0, 0.05) is 20.0 Å². The summed E-state index contributed by atoms with van der Waals surface area (Å²) in [5.74, 6) is -0.0944. The first kappa shape index (κ1) is 16.3. The normalized spacial score (nSPS) is 17.6. The number of carbonyl (C=O) groups excluding carboxylic acids is 2. The van der Waals surface area contributed by atoms with Crippen molar-refractivity contribution >= 4 is 12.0 Å². The van der Waals surface area contributed by atoms with Crippen LogP contribution in [0.25, 0.3) is 0 Å². The van der Waals surface area contributed by atoms with Crippen molar-refractivity contribution in [3.05, 3.63) is 35.4 Å². The number of hydrogen-bond acceptors (Lipinski definition) is 3. The third-order valence-electron chi connectivity index (χ3n) is 3.57. The zero-order valence-electron chi connectivity index (χ0n) is 13.7. The van der Waals surface area contributed by atoms with Crippen molar-refractivity contribution in [3.63, 3.8) is 0 Å². The highest BCUT2D eigenvalue weighted by Gasteiger charge is 2.32. The van der Waals surface area contributed by atoms with Crippen molar-refractivity contribution in [1.82, 2.24) is 10.2 Å². The smallest absolute Gasteiger partial charge is 0.410 e. The summed E-state index contributed by atoms with van der Waals surface area (Å²) in [6, 6.07) is 7.98. The molecule has 120 valence electrons. The van der Waals surface area contributed by atoms with Crippen molar-refractivity contribution in [2.24, 2.45) is 0 Å². The van der Waals surface area contributed by atoms with Crippen LogP contribution in [-0.2, 0) is 22.5 Å². The topological polar surface area (TPSA) is 58.6 Å². The average Bonchev–Trinajstić information content (AvgIpc) is 2.42. The summed E-state index contributed by atoms with van der Waals surface area (Å²) < 4.78 is 5.50. The van der Waals surface area contributed by atoms with Gasteiger partial charge in [-0.3, -0.25) is 9.69 Å². The van der Waals surface area contributed by atoms with Gasteiger partial charge in [-0.15, -0.1) is 0 Å². The molecule has 1 aromatic rings. The summed E-state index contributed by atoms with van der Waals surface area (Å²) in [6.07, 6.45) is 0.382. The van der Waals surface area contributed by atoms with E-state index in [9.17, 15) is 9.59 Å². The minimum absolute atomic E-state index is 0.0892. The fourth-order valence-corrected chi connectivity index (χ4v) is 2.57. The predicted molar refractivity (Wildman–Crippen MR) is 84.4 cm³/mol. The molecule has 2 rings (SSSR count). The summed E-state index contributed by atoms with van der Waals surface area (Å²) in [5, 5.41) is 2.81. The number of rotatable bonds is 2. The van der Waals surface area contributed by atoms with Crippen molar-refractivity contribution in [2.75, 3.05) is 6.54 Å². The Morgan fingerprint density at radius 2 is 1.91 bits per heavy atom. The monoisotopic (exact) mass is 304 g/mol. The van der Waals surface area contributed by atoms with Crippen LogP contribution in [0.4, 0.5) is 4.79 Å². The van der Waals surface area contributed by atoms with Gasteiger partial charge in [0.1, 0.15) is 5.60 Å². The van der Waals surface area contributed by atoms with Crippen molar-refractivity contribution < 1.29 is 14.3 Å². The summed E-state index contributed by atoms with van der Waals surface area (Å²) in [7, 11) is 0. The maximum atomic E-state index is 12.5. The first-order chi connectivity index (χ1) is 10.3. The van der Waals surface area contributed by atoms with Crippen molar-refractivity contribution in [1.29, 1.82) is 0 Å². The number of benzene rings is 1. The lowest BCUT2D eigenvalue weighted by molar-refractivity contribution is -0.119. The molecule has 1 N–H and O–H groups in total. The highest BCUT2D eigenvalue weighted by atomic mass is 16.6. The lowest BCUT2D eigenvalue weighted by Gasteiger charge is -2.37. The molecule has 0 bridgehead atoms. The molecule has 0 unspecified atom stereocenters. The van der Waals surface area contributed by atoms with Crippen LogP contribution in [0.15, 0.2) is 24.3 Å². The standard InChI is InChI=1S/C17H24N2O3/c1-12(20)18-10-15-9-13-7-5-6-8-14(13)11-19(15)16(21)22-17(2,3)4/h5-8,15H,9-11H2,1-4H3,(H,18,20)/t15-/m1/s1. The molecule has 5 heteroatoms. The Balaban J connectivity index is 2.19. The largest absolute Gasteiger partial charge is 0.444 e. The molecule has 0 saturated heterocycles. The van der Waals surface area contributed by atoms with Crippen molar-refractivity contribution in [3.8, 4) is 0 Å². The van der Waals surface area contributed by atoms with Gasteiger partial charge in [0.05, 0.1) is 6.04 Å². The number of hydrogen-bond donors (Lipinski definition) is 1. The molecule has 22 heavy (non-hydrogen) atoms. The Kier molecular flexibility index (Phi) is 4.74. The molecule has 1 aliphatic rings. The van der Waals surface area contributed by atoms with E-state index < -0.39 is 5.60 Å². The lowest BCUT2D eigenvalue weighted by Crippen LogP contribution is -2.51. The molecule has 1 aliphatic heterocycles. The molecule has 0 aromatic heterocycles. The molecule has 0 saturated carbocycles. The Labute approximate surface area is 131 Å². The Hall–Kier alpha value is -2.04. The minimum atomic E-state index is -0.535. The molecule has 0 fully saturated rings. The minimum Gasteiger partial charge on any atom is -0.444 e. The Morgan fingerprint density at radius 1 is 1.27 bits per heavy atom. The number of nitrogens with zero attached hydrogens (tertiary/aromatic N) is 1. The van der Waals surface area contributed by atoms with E-state index in [0.29, 0.717) is 13.1 Å². The van der Waals surface area contributed by atoms with E-state index in [0.717, 1.165) is 12.0 Å². The predicted octanol–water partition coefficient (Wildman–Crippen LogP) is 2.48. The molecular weight excluding hydrogens is 280 g/mol. The Bertz CT molecular complexity index is 563. The van der Waals surface area contributed by atoms with Gasteiger partial charge in [-0.25, -0.2) is 4.79 Å². The van der Waals surface area contributed by atoms with Gasteiger partial charge in [0.25, 0.3) is 0 Å². The van der Waals surface area contributed by atoms with Gasteiger partial charge < -0.3 is 10.1 Å². The first-order valence-electron chi connectivity index (χ1n) is 7.57. The van der Waals surface area contributed by atoms with Gasteiger partial charge in [0.2, 0.25) is 5.91 Å². The molecule has 0 spiro atoms.